The molecule has 0 amide bonds. The molecule has 1 aromatic carbocycles. The van der Waals surface area contributed by atoms with Crippen molar-refractivity contribution >= 4 is 0 Å². The van der Waals surface area contributed by atoms with E-state index in [9.17, 15) is 0 Å². The molecule has 6 nitrogen and oxygen atoms in total. The minimum atomic E-state index is 0.641. The molecule has 0 unspecified atom stereocenters. The van der Waals surface area contributed by atoms with Crippen LogP contribution in [0.1, 0.15) is 12.2 Å². The van der Waals surface area contributed by atoms with Gasteiger partial charge in [0.2, 0.25) is 0 Å². The van der Waals surface area contributed by atoms with Crippen LogP contribution >= 0.6 is 0 Å². The standard InChI is InChI=1S/C11H16N6/c12-7-4-8-13-9-11-14-15-16-17(11)10-5-2-1-3-6-10/h1-3,5-6,13H,4,7-9,12H2. The van der Waals surface area contributed by atoms with Gasteiger partial charge < -0.3 is 11.1 Å². The predicted octanol–water partition coefficient (Wildman–Crippen LogP) is 0.101. The van der Waals surface area contributed by atoms with Crippen LogP contribution in [-0.4, -0.2) is 33.3 Å². The highest BCUT2D eigenvalue weighted by Gasteiger charge is 2.06. The number of hydrogen-bond acceptors (Lipinski definition) is 5. The molecule has 2 aromatic rings. The topological polar surface area (TPSA) is 81.7 Å². The Balaban J connectivity index is 2.02. The Hall–Kier alpha value is -1.79. The molecular weight excluding hydrogens is 216 g/mol. The Morgan fingerprint density at radius 2 is 2.06 bits per heavy atom. The normalized spacial score (nSPS) is 10.6. The first kappa shape index (κ1) is 11.7. The van der Waals surface area contributed by atoms with Crippen molar-refractivity contribution in [2.45, 2.75) is 13.0 Å². The van der Waals surface area contributed by atoms with E-state index < -0.39 is 0 Å². The number of hydrogen-bond donors (Lipinski definition) is 2. The second-order valence-electron chi connectivity index (χ2n) is 3.66. The van der Waals surface area contributed by atoms with Crippen molar-refractivity contribution in [3.8, 4) is 5.69 Å². The molecule has 0 aliphatic carbocycles. The summed E-state index contributed by atoms with van der Waals surface area (Å²) in [4.78, 5) is 0. The van der Waals surface area contributed by atoms with Crippen LogP contribution in [0.4, 0.5) is 0 Å². The van der Waals surface area contributed by atoms with Gasteiger partial charge in [0, 0.05) is 0 Å². The maximum absolute atomic E-state index is 5.42. The summed E-state index contributed by atoms with van der Waals surface area (Å²) >= 11 is 0. The molecule has 17 heavy (non-hydrogen) atoms. The van der Waals surface area contributed by atoms with E-state index >= 15 is 0 Å². The zero-order chi connectivity index (χ0) is 11.9. The summed E-state index contributed by atoms with van der Waals surface area (Å²) in [6, 6.07) is 9.83. The molecule has 1 heterocycles. The highest BCUT2D eigenvalue weighted by molar-refractivity contribution is 5.30. The van der Waals surface area contributed by atoms with Crippen molar-refractivity contribution in [3.05, 3.63) is 36.2 Å². The van der Waals surface area contributed by atoms with Gasteiger partial charge in [-0.25, -0.2) is 0 Å². The molecule has 0 saturated carbocycles. The summed E-state index contributed by atoms with van der Waals surface area (Å²) < 4.78 is 1.73. The van der Waals surface area contributed by atoms with Gasteiger partial charge in [0.05, 0.1) is 12.2 Å². The fraction of sp³-hybridized carbons (Fsp3) is 0.364. The third kappa shape index (κ3) is 3.08. The fourth-order valence-corrected chi connectivity index (χ4v) is 1.51. The zero-order valence-corrected chi connectivity index (χ0v) is 9.58. The number of tetrazole rings is 1. The minimum Gasteiger partial charge on any atom is -0.330 e. The molecule has 0 aliphatic heterocycles. The van der Waals surface area contributed by atoms with Crippen LogP contribution in [0.3, 0.4) is 0 Å². The van der Waals surface area contributed by atoms with Crippen molar-refractivity contribution in [1.82, 2.24) is 25.5 Å². The largest absolute Gasteiger partial charge is 0.330 e. The lowest BCUT2D eigenvalue weighted by molar-refractivity contribution is 0.620. The highest BCUT2D eigenvalue weighted by Crippen LogP contribution is 2.06. The van der Waals surface area contributed by atoms with E-state index in [4.69, 9.17) is 5.73 Å². The van der Waals surface area contributed by atoms with Crippen LogP contribution < -0.4 is 11.1 Å². The van der Waals surface area contributed by atoms with E-state index in [1.165, 1.54) is 0 Å². The van der Waals surface area contributed by atoms with Gasteiger partial charge in [-0.3, -0.25) is 0 Å². The number of nitrogens with two attached hydrogens (primary N) is 1. The quantitative estimate of drug-likeness (QED) is 0.690. The third-order valence-corrected chi connectivity index (χ3v) is 2.38. The summed E-state index contributed by atoms with van der Waals surface area (Å²) in [6.45, 7) is 2.21. The number of aromatic nitrogens is 4. The molecular formula is C11H16N6. The van der Waals surface area contributed by atoms with Gasteiger partial charge in [0.1, 0.15) is 0 Å². The number of benzene rings is 1. The molecule has 1 aromatic heterocycles. The van der Waals surface area contributed by atoms with Gasteiger partial charge in [-0.15, -0.1) is 5.10 Å². The smallest absolute Gasteiger partial charge is 0.170 e. The Labute approximate surface area is 99.8 Å². The van der Waals surface area contributed by atoms with Crippen molar-refractivity contribution in [2.75, 3.05) is 13.1 Å². The van der Waals surface area contributed by atoms with Crippen LogP contribution in [0, 0.1) is 0 Å². The maximum atomic E-state index is 5.42. The number of rotatable bonds is 6. The molecule has 0 fully saturated rings. The summed E-state index contributed by atoms with van der Waals surface area (Å²) in [5.74, 6) is 0.799. The minimum absolute atomic E-state index is 0.641. The average molecular weight is 232 g/mol. The van der Waals surface area contributed by atoms with Gasteiger partial charge in [-0.05, 0) is 42.1 Å². The van der Waals surface area contributed by atoms with Gasteiger partial charge >= 0.3 is 0 Å². The Bertz CT molecular complexity index is 438. The van der Waals surface area contributed by atoms with Gasteiger partial charge in [0.15, 0.2) is 5.82 Å². The average Bonchev–Trinajstić information content (AvgIpc) is 2.84. The molecule has 0 radical (unpaired) electrons. The van der Waals surface area contributed by atoms with Crippen LogP contribution in [0.25, 0.3) is 5.69 Å². The number of nitrogens with one attached hydrogen (secondary N) is 1. The Kier molecular flexibility index (Phi) is 4.17. The van der Waals surface area contributed by atoms with Gasteiger partial charge in [-0.1, -0.05) is 18.2 Å². The van der Waals surface area contributed by atoms with Crippen LogP contribution in [0.2, 0.25) is 0 Å². The Morgan fingerprint density at radius 1 is 1.24 bits per heavy atom. The number of para-hydroxylation sites is 1. The predicted molar refractivity (Wildman–Crippen MR) is 64.5 cm³/mol. The van der Waals surface area contributed by atoms with Crippen molar-refractivity contribution in [3.63, 3.8) is 0 Å². The molecule has 90 valence electrons. The summed E-state index contributed by atoms with van der Waals surface area (Å²) in [5.41, 5.74) is 6.39. The SMILES string of the molecule is NCCCNCc1nnnn1-c1ccccc1. The van der Waals surface area contributed by atoms with E-state index in [1.54, 1.807) is 4.68 Å². The van der Waals surface area contributed by atoms with E-state index in [0.29, 0.717) is 13.1 Å². The molecule has 0 saturated heterocycles. The number of nitrogens with zero attached hydrogens (tertiary/aromatic N) is 4. The first-order valence-corrected chi connectivity index (χ1v) is 5.65. The lowest BCUT2D eigenvalue weighted by atomic mass is 10.3. The Morgan fingerprint density at radius 3 is 2.82 bits per heavy atom. The van der Waals surface area contributed by atoms with Gasteiger partial charge in [0.25, 0.3) is 0 Å². The van der Waals surface area contributed by atoms with Crippen LogP contribution in [0.15, 0.2) is 30.3 Å². The van der Waals surface area contributed by atoms with Crippen LogP contribution in [0.5, 0.6) is 0 Å². The van der Waals surface area contributed by atoms with E-state index in [-0.39, 0.29) is 0 Å². The highest BCUT2D eigenvalue weighted by atomic mass is 15.5. The molecule has 6 heteroatoms. The first-order valence-electron chi connectivity index (χ1n) is 5.65. The molecule has 0 atom stereocenters. The van der Waals surface area contributed by atoms with Crippen molar-refractivity contribution in [2.24, 2.45) is 5.73 Å². The lowest BCUT2D eigenvalue weighted by Gasteiger charge is -2.05. The van der Waals surface area contributed by atoms with Crippen molar-refractivity contribution < 1.29 is 0 Å². The maximum Gasteiger partial charge on any atom is 0.170 e. The summed E-state index contributed by atoms with van der Waals surface area (Å²) in [5, 5.41) is 14.9. The van der Waals surface area contributed by atoms with Crippen LogP contribution in [-0.2, 0) is 6.54 Å². The van der Waals surface area contributed by atoms with E-state index in [0.717, 1.165) is 24.5 Å². The lowest BCUT2D eigenvalue weighted by Crippen LogP contribution is -2.20. The summed E-state index contributed by atoms with van der Waals surface area (Å²) in [6.07, 6.45) is 0.951. The van der Waals surface area contributed by atoms with Gasteiger partial charge in [-0.2, -0.15) is 4.68 Å². The van der Waals surface area contributed by atoms with E-state index in [2.05, 4.69) is 20.8 Å². The first-order chi connectivity index (χ1) is 8.42. The second-order valence-corrected chi connectivity index (χ2v) is 3.66. The second kappa shape index (κ2) is 6.07. The zero-order valence-electron chi connectivity index (χ0n) is 9.58. The molecule has 0 bridgehead atoms. The summed E-state index contributed by atoms with van der Waals surface area (Å²) in [7, 11) is 0. The molecule has 2 rings (SSSR count). The monoisotopic (exact) mass is 232 g/mol. The van der Waals surface area contributed by atoms with E-state index in [1.807, 2.05) is 30.3 Å². The molecule has 0 spiro atoms. The molecule has 0 aliphatic rings. The molecule has 3 N–H and O–H groups in total. The fourth-order valence-electron chi connectivity index (χ4n) is 1.51. The van der Waals surface area contributed by atoms with Crippen molar-refractivity contribution in [1.29, 1.82) is 0 Å². The third-order valence-electron chi connectivity index (χ3n) is 2.38.